The first kappa shape index (κ1) is 24.2. The van der Waals surface area contributed by atoms with Crippen LogP contribution in [-0.4, -0.2) is 45.5 Å². The number of carbonyl (C=O) groups is 2. The number of hydrogen-bond donors (Lipinski definition) is 0. The lowest BCUT2D eigenvalue weighted by atomic mass is 10.1. The minimum absolute atomic E-state index is 0.252. The SMILES string of the molecule is COC(=O)C(C)(C)Br.COC(=O)C(C)(C)n1ncc(SCc2ccccc2)n1. The largest absolute Gasteiger partial charge is 0.468 e. The molecule has 7 nitrogen and oxygen atoms in total. The van der Waals surface area contributed by atoms with Gasteiger partial charge in [-0.1, -0.05) is 58.0 Å². The third-order valence-corrected chi connectivity index (χ3v) is 4.84. The number of benzene rings is 1. The summed E-state index contributed by atoms with van der Waals surface area (Å²) in [5.74, 6) is 0.197. The highest BCUT2D eigenvalue weighted by Crippen LogP contribution is 2.22. The van der Waals surface area contributed by atoms with Gasteiger partial charge in [-0.2, -0.15) is 9.90 Å². The molecule has 1 heterocycles. The second-order valence-electron chi connectivity index (χ2n) is 6.76. The molecule has 0 aliphatic heterocycles. The van der Waals surface area contributed by atoms with Crippen molar-refractivity contribution in [1.29, 1.82) is 0 Å². The van der Waals surface area contributed by atoms with E-state index in [1.807, 2.05) is 18.2 Å². The van der Waals surface area contributed by atoms with Crippen LogP contribution in [0.3, 0.4) is 0 Å². The number of methoxy groups -OCH3 is 2. The third kappa shape index (κ3) is 7.27. The van der Waals surface area contributed by atoms with Crippen molar-refractivity contribution in [2.45, 2.75) is 48.3 Å². The summed E-state index contributed by atoms with van der Waals surface area (Å²) < 4.78 is 8.65. The molecule has 1 aromatic carbocycles. The van der Waals surface area contributed by atoms with Gasteiger partial charge in [0.1, 0.15) is 9.35 Å². The van der Waals surface area contributed by atoms with Crippen molar-refractivity contribution in [3.63, 3.8) is 0 Å². The molecule has 0 aliphatic carbocycles. The number of hydrogen-bond acceptors (Lipinski definition) is 7. The van der Waals surface area contributed by atoms with Crippen molar-refractivity contribution in [3.8, 4) is 0 Å². The van der Waals surface area contributed by atoms with Gasteiger partial charge in [-0.3, -0.25) is 4.79 Å². The summed E-state index contributed by atoms with van der Waals surface area (Å²) in [6, 6.07) is 10.1. The zero-order chi connectivity index (χ0) is 21.4. The van der Waals surface area contributed by atoms with Gasteiger partial charge in [0.2, 0.25) is 0 Å². The monoisotopic (exact) mass is 471 g/mol. The smallest absolute Gasteiger partial charge is 0.335 e. The van der Waals surface area contributed by atoms with Gasteiger partial charge < -0.3 is 9.47 Å². The fourth-order valence-corrected chi connectivity index (χ4v) is 2.82. The number of carbonyl (C=O) groups excluding carboxylic acids is 2. The normalized spacial score (nSPS) is 11.2. The molecule has 0 spiro atoms. The number of nitrogens with zero attached hydrogens (tertiary/aromatic N) is 3. The van der Waals surface area contributed by atoms with Crippen LogP contribution in [0.5, 0.6) is 0 Å². The molecule has 0 aliphatic rings. The topological polar surface area (TPSA) is 83.3 Å². The second kappa shape index (κ2) is 10.6. The van der Waals surface area contributed by atoms with Gasteiger partial charge in [0.25, 0.3) is 0 Å². The fraction of sp³-hybridized carbons (Fsp3) is 0.474. The summed E-state index contributed by atoms with van der Waals surface area (Å²) in [4.78, 5) is 23.7. The zero-order valence-electron chi connectivity index (χ0n) is 16.9. The van der Waals surface area contributed by atoms with E-state index in [0.717, 1.165) is 10.8 Å². The molecule has 154 valence electrons. The predicted octanol–water partition coefficient (Wildman–Crippen LogP) is 3.81. The van der Waals surface area contributed by atoms with Crippen molar-refractivity contribution < 1.29 is 19.1 Å². The molecule has 0 amide bonds. The first-order valence-electron chi connectivity index (χ1n) is 8.47. The fourth-order valence-electron chi connectivity index (χ4n) is 1.89. The molecule has 0 saturated heterocycles. The summed E-state index contributed by atoms with van der Waals surface area (Å²) >= 11 is 4.71. The van der Waals surface area contributed by atoms with Crippen LogP contribution < -0.4 is 0 Å². The van der Waals surface area contributed by atoms with Crippen molar-refractivity contribution in [2.24, 2.45) is 0 Å². The Labute approximate surface area is 178 Å². The second-order valence-corrected chi connectivity index (χ2v) is 9.74. The summed E-state index contributed by atoms with van der Waals surface area (Å²) in [6.45, 7) is 6.92. The highest BCUT2D eigenvalue weighted by atomic mass is 79.9. The Morgan fingerprint density at radius 2 is 1.64 bits per heavy atom. The van der Waals surface area contributed by atoms with Gasteiger partial charge in [-0.05, 0) is 33.3 Å². The zero-order valence-corrected chi connectivity index (χ0v) is 19.3. The summed E-state index contributed by atoms with van der Waals surface area (Å²) in [5, 5.41) is 9.27. The van der Waals surface area contributed by atoms with Gasteiger partial charge >= 0.3 is 11.9 Å². The molecular weight excluding hydrogens is 446 g/mol. The van der Waals surface area contributed by atoms with Gasteiger partial charge in [0, 0.05) is 5.75 Å². The Bertz CT molecular complexity index is 773. The number of halogens is 1. The van der Waals surface area contributed by atoms with E-state index >= 15 is 0 Å². The summed E-state index contributed by atoms with van der Waals surface area (Å²) in [6.07, 6.45) is 1.66. The molecule has 0 N–H and O–H groups in total. The van der Waals surface area contributed by atoms with E-state index in [0.29, 0.717) is 0 Å². The van der Waals surface area contributed by atoms with Gasteiger partial charge in [-0.25, -0.2) is 4.79 Å². The number of aromatic nitrogens is 3. The third-order valence-electron chi connectivity index (χ3n) is 3.56. The van der Waals surface area contributed by atoms with Crippen LogP contribution in [0, 0.1) is 0 Å². The highest BCUT2D eigenvalue weighted by molar-refractivity contribution is 9.10. The number of rotatable bonds is 6. The van der Waals surface area contributed by atoms with E-state index < -0.39 is 9.86 Å². The van der Waals surface area contributed by atoms with Crippen LogP contribution in [0.2, 0.25) is 0 Å². The highest BCUT2D eigenvalue weighted by Gasteiger charge is 2.33. The quantitative estimate of drug-likeness (QED) is 0.359. The maximum Gasteiger partial charge on any atom is 0.335 e. The molecule has 2 aromatic rings. The maximum atomic E-state index is 11.7. The Morgan fingerprint density at radius 1 is 1.07 bits per heavy atom. The Kier molecular flexibility index (Phi) is 9.16. The molecule has 0 atom stereocenters. The Hall–Kier alpha value is -1.87. The molecule has 0 saturated carbocycles. The lowest BCUT2D eigenvalue weighted by Gasteiger charge is -2.19. The Balaban J connectivity index is 0.000000416. The Morgan fingerprint density at radius 3 is 2.11 bits per heavy atom. The molecule has 0 bridgehead atoms. The van der Waals surface area contributed by atoms with Crippen molar-refractivity contribution >= 4 is 39.6 Å². The maximum absolute atomic E-state index is 11.7. The average Bonchev–Trinajstić information content (AvgIpc) is 3.15. The summed E-state index contributed by atoms with van der Waals surface area (Å²) in [5.41, 5.74) is 0.319. The molecule has 9 heteroatoms. The predicted molar refractivity (Wildman–Crippen MR) is 112 cm³/mol. The number of ether oxygens (including phenoxy) is 2. The van der Waals surface area contributed by atoms with Gasteiger partial charge in [0.05, 0.1) is 20.4 Å². The number of alkyl halides is 1. The van der Waals surface area contributed by atoms with Gasteiger partial charge in [0.15, 0.2) is 5.54 Å². The van der Waals surface area contributed by atoms with Crippen molar-refractivity contribution in [2.75, 3.05) is 14.2 Å². The van der Waals surface area contributed by atoms with Crippen molar-refractivity contribution in [1.82, 2.24) is 15.0 Å². The summed E-state index contributed by atoms with van der Waals surface area (Å²) in [7, 11) is 2.73. The molecule has 0 unspecified atom stereocenters. The molecule has 1 aromatic heterocycles. The molecule has 28 heavy (non-hydrogen) atoms. The average molecular weight is 472 g/mol. The van der Waals surface area contributed by atoms with Crippen LogP contribution >= 0.6 is 27.7 Å². The minimum Gasteiger partial charge on any atom is -0.468 e. The van der Waals surface area contributed by atoms with E-state index in [4.69, 9.17) is 4.74 Å². The first-order valence-corrected chi connectivity index (χ1v) is 10.3. The van der Waals surface area contributed by atoms with Crippen LogP contribution in [0.15, 0.2) is 41.6 Å². The lowest BCUT2D eigenvalue weighted by Crippen LogP contribution is -2.38. The number of thioether (sulfide) groups is 1. The van der Waals surface area contributed by atoms with E-state index in [2.05, 4.69) is 43.0 Å². The minimum atomic E-state index is -0.902. The van der Waals surface area contributed by atoms with Crippen LogP contribution in [-0.2, 0) is 30.4 Å². The van der Waals surface area contributed by atoms with E-state index in [1.165, 1.54) is 24.6 Å². The molecular formula is C19H26BrN3O4S. The molecule has 0 fully saturated rings. The van der Waals surface area contributed by atoms with E-state index in [-0.39, 0.29) is 11.9 Å². The number of esters is 2. The van der Waals surface area contributed by atoms with Crippen LogP contribution in [0.1, 0.15) is 33.3 Å². The van der Waals surface area contributed by atoms with Crippen LogP contribution in [0.4, 0.5) is 0 Å². The molecule has 0 radical (unpaired) electrons. The van der Waals surface area contributed by atoms with Gasteiger partial charge in [-0.15, -0.1) is 5.10 Å². The standard InChI is InChI=1S/C14H17N3O2S.C5H9BrO2/c1-14(2,13(18)19-3)17-15-9-12(16-17)20-10-11-7-5-4-6-8-11;1-5(2,6)4(7)8-3/h4-9H,10H2,1-3H3;1-3H3. The molecule has 2 rings (SSSR count). The van der Waals surface area contributed by atoms with E-state index in [1.54, 1.807) is 45.7 Å². The lowest BCUT2D eigenvalue weighted by molar-refractivity contribution is -0.150. The van der Waals surface area contributed by atoms with Crippen LogP contribution in [0.25, 0.3) is 0 Å². The van der Waals surface area contributed by atoms with Crippen molar-refractivity contribution in [3.05, 3.63) is 42.1 Å². The first-order chi connectivity index (χ1) is 13.0. The van der Waals surface area contributed by atoms with E-state index in [9.17, 15) is 9.59 Å².